The van der Waals surface area contributed by atoms with E-state index in [1.165, 1.54) is 0 Å². The minimum atomic E-state index is -4.20. The van der Waals surface area contributed by atoms with Crippen molar-refractivity contribution in [1.82, 2.24) is 0 Å². The average molecular weight is 314 g/mol. The second-order valence-electron chi connectivity index (χ2n) is 5.63. The lowest BCUT2D eigenvalue weighted by atomic mass is 9.94. The first-order chi connectivity index (χ1) is 11.0. The van der Waals surface area contributed by atoms with Gasteiger partial charge in [-0.15, -0.1) is 0 Å². The first kappa shape index (κ1) is 14.1. The fourth-order valence-corrected chi connectivity index (χ4v) is 3.11. The standard InChI is InChI=1S/C19H13F3O/c20-19(21,22)10-11-23-16-9-7-14-5-4-12-2-1-3-13-6-8-15(16)18(14)17(12)13/h1-9H,10-11H2. The number of hydrogen-bond acceptors (Lipinski definition) is 1. The van der Waals surface area contributed by atoms with Crippen LogP contribution in [-0.4, -0.2) is 12.8 Å². The summed E-state index contributed by atoms with van der Waals surface area (Å²) in [6.45, 7) is -0.368. The van der Waals surface area contributed by atoms with Gasteiger partial charge in [0.1, 0.15) is 5.75 Å². The number of ether oxygens (including phenoxy) is 1. The van der Waals surface area contributed by atoms with E-state index in [4.69, 9.17) is 4.74 Å². The van der Waals surface area contributed by atoms with Crippen molar-refractivity contribution >= 4 is 32.3 Å². The summed E-state index contributed by atoms with van der Waals surface area (Å²) in [6.07, 6.45) is -5.15. The van der Waals surface area contributed by atoms with Crippen LogP contribution < -0.4 is 4.74 Å². The number of rotatable bonds is 3. The first-order valence-electron chi connectivity index (χ1n) is 7.39. The highest BCUT2D eigenvalue weighted by atomic mass is 19.4. The fourth-order valence-electron chi connectivity index (χ4n) is 3.11. The van der Waals surface area contributed by atoms with E-state index in [1.807, 2.05) is 42.5 Å². The van der Waals surface area contributed by atoms with Gasteiger partial charge in [0.15, 0.2) is 0 Å². The maximum absolute atomic E-state index is 12.3. The van der Waals surface area contributed by atoms with Crippen LogP contribution in [0.4, 0.5) is 13.2 Å². The quantitative estimate of drug-likeness (QED) is 0.427. The Labute approximate surface area is 130 Å². The minimum absolute atomic E-state index is 0.368. The monoisotopic (exact) mass is 314 g/mol. The van der Waals surface area contributed by atoms with Crippen molar-refractivity contribution in [2.24, 2.45) is 0 Å². The maximum Gasteiger partial charge on any atom is 0.392 e. The molecule has 0 bridgehead atoms. The third kappa shape index (κ3) is 2.44. The predicted octanol–water partition coefficient (Wildman–Crippen LogP) is 5.92. The molecule has 0 saturated heterocycles. The van der Waals surface area contributed by atoms with Crippen molar-refractivity contribution in [3.05, 3.63) is 54.6 Å². The van der Waals surface area contributed by atoms with Crippen LogP contribution in [0.3, 0.4) is 0 Å². The molecule has 0 fully saturated rings. The molecule has 0 radical (unpaired) electrons. The Kier molecular flexibility index (Phi) is 3.08. The summed E-state index contributed by atoms with van der Waals surface area (Å²) in [4.78, 5) is 0. The molecule has 0 amide bonds. The van der Waals surface area contributed by atoms with Gasteiger partial charge < -0.3 is 4.74 Å². The number of alkyl halides is 3. The van der Waals surface area contributed by atoms with E-state index >= 15 is 0 Å². The number of halogens is 3. The molecule has 0 aliphatic heterocycles. The molecule has 0 aromatic heterocycles. The summed E-state index contributed by atoms with van der Waals surface area (Å²) in [5, 5.41) is 6.33. The Bertz CT molecular complexity index is 973. The molecule has 4 aromatic carbocycles. The van der Waals surface area contributed by atoms with Crippen LogP contribution in [0.15, 0.2) is 54.6 Å². The van der Waals surface area contributed by atoms with Gasteiger partial charge >= 0.3 is 6.18 Å². The van der Waals surface area contributed by atoms with Gasteiger partial charge in [-0.05, 0) is 33.7 Å². The maximum atomic E-state index is 12.3. The first-order valence-corrected chi connectivity index (χ1v) is 7.39. The van der Waals surface area contributed by atoms with Crippen LogP contribution >= 0.6 is 0 Å². The molecule has 116 valence electrons. The Morgan fingerprint density at radius 1 is 0.739 bits per heavy atom. The van der Waals surface area contributed by atoms with Crippen molar-refractivity contribution in [2.75, 3.05) is 6.61 Å². The van der Waals surface area contributed by atoms with Gasteiger partial charge in [0.25, 0.3) is 0 Å². The highest BCUT2D eigenvalue weighted by Crippen LogP contribution is 2.38. The third-order valence-electron chi connectivity index (χ3n) is 4.13. The van der Waals surface area contributed by atoms with E-state index in [0.717, 1.165) is 32.3 Å². The molecule has 0 atom stereocenters. The summed E-state index contributed by atoms with van der Waals surface area (Å²) in [5.41, 5.74) is 0. The second kappa shape index (κ2) is 5.01. The van der Waals surface area contributed by atoms with Crippen molar-refractivity contribution < 1.29 is 17.9 Å². The van der Waals surface area contributed by atoms with Gasteiger partial charge in [0.05, 0.1) is 13.0 Å². The van der Waals surface area contributed by atoms with E-state index < -0.39 is 12.6 Å². The molecule has 4 rings (SSSR count). The highest BCUT2D eigenvalue weighted by Gasteiger charge is 2.27. The van der Waals surface area contributed by atoms with Crippen molar-refractivity contribution in [1.29, 1.82) is 0 Å². The number of hydrogen-bond donors (Lipinski definition) is 0. The summed E-state index contributed by atoms with van der Waals surface area (Å²) in [5.74, 6) is 0.500. The molecule has 0 N–H and O–H groups in total. The summed E-state index contributed by atoms with van der Waals surface area (Å²) >= 11 is 0. The van der Waals surface area contributed by atoms with Crippen LogP contribution in [0.25, 0.3) is 32.3 Å². The van der Waals surface area contributed by atoms with E-state index in [1.54, 1.807) is 6.07 Å². The van der Waals surface area contributed by atoms with Gasteiger partial charge in [-0.1, -0.05) is 42.5 Å². The predicted molar refractivity (Wildman–Crippen MR) is 86.3 cm³/mol. The van der Waals surface area contributed by atoms with E-state index in [-0.39, 0.29) is 6.61 Å². The SMILES string of the molecule is FC(F)(F)CCOc1ccc2ccc3cccc4ccc1c2c34. The summed E-state index contributed by atoms with van der Waals surface area (Å²) in [7, 11) is 0. The van der Waals surface area contributed by atoms with Crippen LogP contribution in [0.2, 0.25) is 0 Å². The smallest absolute Gasteiger partial charge is 0.392 e. The third-order valence-corrected chi connectivity index (χ3v) is 4.13. The van der Waals surface area contributed by atoms with Crippen LogP contribution in [-0.2, 0) is 0 Å². The second-order valence-corrected chi connectivity index (χ2v) is 5.63. The fraction of sp³-hybridized carbons (Fsp3) is 0.158. The molecule has 0 saturated carbocycles. The lowest BCUT2D eigenvalue weighted by Gasteiger charge is -2.15. The molecule has 0 aliphatic rings. The van der Waals surface area contributed by atoms with Gasteiger partial charge in [0.2, 0.25) is 0 Å². The Hall–Kier alpha value is -2.49. The van der Waals surface area contributed by atoms with Crippen molar-refractivity contribution in [2.45, 2.75) is 12.6 Å². The molecular formula is C19H13F3O. The normalized spacial score (nSPS) is 12.5. The molecule has 0 aliphatic carbocycles. The molecule has 0 heterocycles. The molecule has 4 heteroatoms. The Balaban J connectivity index is 1.86. The number of benzene rings is 4. The molecular weight excluding hydrogens is 301 g/mol. The lowest BCUT2D eigenvalue weighted by molar-refractivity contribution is -0.139. The molecule has 1 nitrogen and oxygen atoms in total. The van der Waals surface area contributed by atoms with Crippen LogP contribution in [0.1, 0.15) is 6.42 Å². The summed E-state index contributed by atoms with van der Waals surface area (Å²) < 4.78 is 42.4. The van der Waals surface area contributed by atoms with Gasteiger partial charge in [-0.2, -0.15) is 13.2 Å². The largest absolute Gasteiger partial charge is 0.493 e. The molecule has 23 heavy (non-hydrogen) atoms. The lowest BCUT2D eigenvalue weighted by Crippen LogP contribution is -2.13. The zero-order chi connectivity index (χ0) is 16.0. The topological polar surface area (TPSA) is 9.23 Å². The molecule has 0 unspecified atom stereocenters. The van der Waals surface area contributed by atoms with Crippen LogP contribution in [0.5, 0.6) is 5.75 Å². The van der Waals surface area contributed by atoms with Crippen LogP contribution in [0, 0.1) is 0 Å². The van der Waals surface area contributed by atoms with Gasteiger partial charge in [0, 0.05) is 10.8 Å². The van der Waals surface area contributed by atoms with E-state index in [9.17, 15) is 13.2 Å². The minimum Gasteiger partial charge on any atom is -0.493 e. The molecule has 0 spiro atoms. The van der Waals surface area contributed by atoms with Crippen molar-refractivity contribution in [3.8, 4) is 5.75 Å². The van der Waals surface area contributed by atoms with Gasteiger partial charge in [-0.25, -0.2) is 0 Å². The Morgan fingerprint density at radius 2 is 1.35 bits per heavy atom. The summed E-state index contributed by atoms with van der Waals surface area (Å²) in [6, 6.07) is 17.7. The van der Waals surface area contributed by atoms with Gasteiger partial charge in [-0.3, -0.25) is 0 Å². The zero-order valence-corrected chi connectivity index (χ0v) is 12.2. The highest BCUT2D eigenvalue weighted by molar-refractivity contribution is 6.24. The average Bonchev–Trinajstić information content (AvgIpc) is 2.52. The van der Waals surface area contributed by atoms with E-state index in [2.05, 4.69) is 6.07 Å². The zero-order valence-electron chi connectivity index (χ0n) is 12.2. The Morgan fingerprint density at radius 3 is 2.04 bits per heavy atom. The van der Waals surface area contributed by atoms with E-state index in [0.29, 0.717) is 5.75 Å². The molecule has 4 aromatic rings. The van der Waals surface area contributed by atoms with Crippen molar-refractivity contribution in [3.63, 3.8) is 0 Å².